The van der Waals surface area contributed by atoms with Crippen molar-refractivity contribution in [2.24, 2.45) is 11.7 Å². The summed E-state index contributed by atoms with van der Waals surface area (Å²) < 4.78 is 26.8. The molecule has 0 radical (unpaired) electrons. The van der Waals surface area contributed by atoms with Gasteiger partial charge in [-0.25, -0.2) is 13.1 Å². The monoisotopic (exact) mass is 296 g/mol. The molecule has 4 nitrogen and oxygen atoms in total. The molecule has 1 aromatic rings. The first-order valence-corrected chi connectivity index (χ1v) is 7.99. The Kier molecular flexibility index (Phi) is 5.40. The molecule has 0 bridgehead atoms. The molecule has 0 aromatic carbocycles. The Morgan fingerprint density at radius 1 is 1.47 bits per heavy atom. The summed E-state index contributed by atoms with van der Waals surface area (Å²) in [5, 5.41) is 0. The van der Waals surface area contributed by atoms with E-state index in [2.05, 4.69) is 4.72 Å². The Hall–Kier alpha value is -0.140. The topological polar surface area (TPSA) is 72.2 Å². The van der Waals surface area contributed by atoms with Crippen molar-refractivity contribution < 1.29 is 8.42 Å². The molecule has 0 fully saturated rings. The molecule has 1 unspecified atom stereocenters. The smallest absolute Gasteiger partial charge is 0.250 e. The summed E-state index contributed by atoms with van der Waals surface area (Å²) in [6, 6.07) is 2.89. The summed E-state index contributed by atoms with van der Waals surface area (Å²) >= 11 is 6.73. The van der Waals surface area contributed by atoms with Crippen LogP contribution in [0.25, 0.3) is 0 Å². The predicted molar refractivity (Wildman–Crippen MR) is 71.9 cm³/mol. The van der Waals surface area contributed by atoms with Crippen LogP contribution in [-0.4, -0.2) is 21.0 Å². The van der Waals surface area contributed by atoms with Crippen molar-refractivity contribution >= 4 is 33.0 Å². The highest BCUT2D eigenvalue weighted by molar-refractivity contribution is 7.91. The van der Waals surface area contributed by atoms with Crippen molar-refractivity contribution in [3.63, 3.8) is 0 Å². The van der Waals surface area contributed by atoms with Crippen LogP contribution in [-0.2, 0) is 10.0 Å². The number of halogens is 1. The minimum Gasteiger partial charge on any atom is -0.327 e. The average molecular weight is 297 g/mol. The summed E-state index contributed by atoms with van der Waals surface area (Å²) in [5.41, 5.74) is 5.82. The van der Waals surface area contributed by atoms with Gasteiger partial charge in [-0.1, -0.05) is 25.4 Å². The van der Waals surface area contributed by atoms with Crippen LogP contribution in [0.4, 0.5) is 0 Å². The van der Waals surface area contributed by atoms with Gasteiger partial charge in [0.15, 0.2) is 0 Å². The van der Waals surface area contributed by atoms with Crippen LogP contribution in [0.5, 0.6) is 0 Å². The van der Waals surface area contributed by atoms with Gasteiger partial charge in [-0.2, -0.15) is 0 Å². The summed E-state index contributed by atoms with van der Waals surface area (Å²) in [6.45, 7) is 4.34. The van der Waals surface area contributed by atoms with E-state index in [-0.39, 0.29) is 16.8 Å². The van der Waals surface area contributed by atoms with Crippen molar-refractivity contribution in [1.29, 1.82) is 0 Å². The molecule has 17 heavy (non-hydrogen) atoms. The highest BCUT2D eigenvalue weighted by Gasteiger charge is 2.17. The third-order valence-electron chi connectivity index (χ3n) is 2.12. The van der Waals surface area contributed by atoms with E-state index in [1.165, 1.54) is 6.07 Å². The normalized spacial score (nSPS) is 14.2. The van der Waals surface area contributed by atoms with Gasteiger partial charge in [-0.05, 0) is 24.5 Å². The summed E-state index contributed by atoms with van der Waals surface area (Å²) in [7, 11) is -3.47. The minimum atomic E-state index is -3.47. The lowest BCUT2D eigenvalue weighted by atomic mass is 10.1. The standard InChI is InChI=1S/C10H17ClN2O2S2/c1-7(2)5-8(12)6-13-17(14,15)10-4-3-9(11)16-10/h3-4,7-8,13H,5-6,12H2,1-2H3. The molecule has 0 aliphatic carbocycles. The van der Waals surface area contributed by atoms with Gasteiger partial charge in [0.05, 0.1) is 4.34 Å². The van der Waals surface area contributed by atoms with Crippen LogP contribution in [0.15, 0.2) is 16.3 Å². The van der Waals surface area contributed by atoms with E-state index in [0.717, 1.165) is 17.8 Å². The maximum Gasteiger partial charge on any atom is 0.250 e. The number of hydrogen-bond donors (Lipinski definition) is 2. The molecule has 1 heterocycles. The SMILES string of the molecule is CC(C)CC(N)CNS(=O)(=O)c1ccc(Cl)s1. The van der Waals surface area contributed by atoms with Gasteiger partial charge in [-0.15, -0.1) is 11.3 Å². The number of nitrogens with one attached hydrogen (secondary N) is 1. The van der Waals surface area contributed by atoms with Gasteiger partial charge in [0, 0.05) is 12.6 Å². The number of rotatable bonds is 6. The first-order valence-electron chi connectivity index (χ1n) is 5.32. The van der Waals surface area contributed by atoms with E-state index in [9.17, 15) is 8.42 Å². The van der Waals surface area contributed by atoms with Crippen LogP contribution < -0.4 is 10.5 Å². The molecule has 7 heteroatoms. The highest BCUT2D eigenvalue weighted by Crippen LogP contribution is 2.25. The fourth-order valence-corrected chi connectivity index (χ4v) is 4.04. The molecule has 0 aliphatic rings. The van der Waals surface area contributed by atoms with Crippen LogP contribution in [0.2, 0.25) is 4.34 Å². The van der Waals surface area contributed by atoms with Gasteiger partial charge >= 0.3 is 0 Å². The van der Waals surface area contributed by atoms with Gasteiger partial charge in [-0.3, -0.25) is 0 Å². The van der Waals surface area contributed by atoms with Gasteiger partial charge in [0.1, 0.15) is 4.21 Å². The Morgan fingerprint density at radius 3 is 2.59 bits per heavy atom. The Balaban J connectivity index is 2.56. The van der Waals surface area contributed by atoms with E-state index in [1.54, 1.807) is 6.07 Å². The maximum absolute atomic E-state index is 11.8. The molecule has 0 aliphatic heterocycles. The predicted octanol–water partition coefficient (Wildman–Crippen LogP) is 2.05. The summed E-state index contributed by atoms with van der Waals surface area (Å²) in [5.74, 6) is 0.450. The van der Waals surface area contributed by atoms with Gasteiger partial charge < -0.3 is 5.73 Å². The number of thiophene rings is 1. The Bertz CT molecular complexity index is 457. The van der Waals surface area contributed by atoms with Crippen molar-refractivity contribution in [3.8, 4) is 0 Å². The number of hydrogen-bond acceptors (Lipinski definition) is 4. The Morgan fingerprint density at radius 2 is 2.12 bits per heavy atom. The van der Waals surface area contributed by atoms with Gasteiger partial charge in [0.2, 0.25) is 10.0 Å². The van der Waals surface area contributed by atoms with Crippen LogP contribution in [0, 0.1) is 5.92 Å². The molecule has 0 amide bonds. The zero-order chi connectivity index (χ0) is 13.1. The first-order chi connectivity index (χ1) is 7.81. The lowest BCUT2D eigenvalue weighted by Crippen LogP contribution is -2.37. The van der Waals surface area contributed by atoms with E-state index < -0.39 is 10.0 Å². The largest absolute Gasteiger partial charge is 0.327 e. The summed E-state index contributed by atoms with van der Waals surface area (Å²) in [6.07, 6.45) is 0.785. The van der Waals surface area contributed by atoms with Crippen molar-refractivity contribution in [1.82, 2.24) is 4.72 Å². The molecular formula is C10H17ClN2O2S2. The zero-order valence-corrected chi connectivity index (χ0v) is 12.2. The molecule has 1 rings (SSSR count). The fraction of sp³-hybridized carbons (Fsp3) is 0.600. The molecule has 1 atom stereocenters. The maximum atomic E-state index is 11.8. The van der Waals surface area contributed by atoms with Crippen LogP contribution in [0.1, 0.15) is 20.3 Å². The molecule has 0 saturated carbocycles. The molecule has 0 spiro atoms. The van der Waals surface area contributed by atoms with E-state index in [4.69, 9.17) is 17.3 Å². The second kappa shape index (κ2) is 6.15. The highest BCUT2D eigenvalue weighted by atomic mass is 35.5. The third kappa shape index (κ3) is 4.93. The van der Waals surface area contributed by atoms with Crippen molar-refractivity contribution in [2.75, 3.05) is 6.54 Å². The molecule has 1 aromatic heterocycles. The number of sulfonamides is 1. The fourth-order valence-electron chi connectivity index (χ4n) is 1.42. The lowest BCUT2D eigenvalue weighted by molar-refractivity contribution is 0.486. The van der Waals surface area contributed by atoms with Crippen molar-refractivity contribution in [3.05, 3.63) is 16.5 Å². The lowest BCUT2D eigenvalue weighted by Gasteiger charge is -2.14. The number of nitrogens with two attached hydrogens (primary N) is 1. The van der Waals surface area contributed by atoms with Gasteiger partial charge in [0.25, 0.3) is 0 Å². The summed E-state index contributed by atoms with van der Waals surface area (Å²) in [4.78, 5) is 0. The first kappa shape index (κ1) is 14.9. The zero-order valence-electron chi connectivity index (χ0n) is 9.81. The Labute approximate surface area is 111 Å². The quantitative estimate of drug-likeness (QED) is 0.844. The minimum absolute atomic E-state index is 0.166. The molecular weight excluding hydrogens is 280 g/mol. The van der Waals surface area contributed by atoms with Crippen LogP contribution in [0.3, 0.4) is 0 Å². The third-order valence-corrected chi connectivity index (χ3v) is 5.27. The van der Waals surface area contributed by atoms with Crippen LogP contribution >= 0.6 is 22.9 Å². The second-order valence-corrected chi connectivity index (χ2v) is 8.01. The molecule has 3 N–H and O–H groups in total. The van der Waals surface area contributed by atoms with E-state index in [0.29, 0.717) is 10.3 Å². The molecule has 0 saturated heterocycles. The molecule has 98 valence electrons. The second-order valence-electron chi connectivity index (χ2n) is 4.30. The van der Waals surface area contributed by atoms with Crippen molar-refractivity contribution in [2.45, 2.75) is 30.5 Å². The van der Waals surface area contributed by atoms with E-state index in [1.807, 2.05) is 13.8 Å². The van der Waals surface area contributed by atoms with E-state index >= 15 is 0 Å². The average Bonchev–Trinajstić information content (AvgIpc) is 2.62.